The van der Waals surface area contributed by atoms with E-state index >= 15 is 0 Å². The minimum absolute atomic E-state index is 0. The molecule has 1 aromatic carbocycles. The standard InChI is InChI=1S/C12H15F3N2.2ClH/c13-12(14,15)9-1-2-10(11(16)7-9)8-3-5-17-6-4-8;;/h1-2,7-8,17H,3-6,16H2;2*1H. The van der Waals surface area contributed by atoms with E-state index in [1.165, 1.54) is 6.07 Å². The molecule has 0 saturated carbocycles. The molecule has 110 valence electrons. The van der Waals surface area contributed by atoms with E-state index in [4.69, 9.17) is 5.73 Å². The predicted molar refractivity (Wildman–Crippen MR) is 75.2 cm³/mol. The smallest absolute Gasteiger partial charge is 0.398 e. The van der Waals surface area contributed by atoms with Crippen molar-refractivity contribution in [2.75, 3.05) is 18.8 Å². The van der Waals surface area contributed by atoms with Gasteiger partial charge in [-0.1, -0.05) is 6.07 Å². The predicted octanol–water partition coefficient (Wildman–Crippen LogP) is 3.60. The van der Waals surface area contributed by atoms with Crippen molar-refractivity contribution in [3.05, 3.63) is 29.3 Å². The van der Waals surface area contributed by atoms with Crippen LogP contribution in [-0.4, -0.2) is 13.1 Å². The van der Waals surface area contributed by atoms with Crippen LogP contribution in [0.3, 0.4) is 0 Å². The molecular formula is C12H17Cl2F3N2. The molecule has 19 heavy (non-hydrogen) atoms. The topological polar surface area (TPSA) is 38.0 Å². The average molecular weight is 317 g/mol. The van der Waals surface area contributed by atoms with Gasteiger partial charge in [-0.2, -0.15) is 13.2 Å². The van der Waals surface area contributed by atoms with Crippen LogP contribution in [0.2, 0.25) is 0 Å². The molecular weight excluding hydrogens is 300 g/mol. The van der Waals surface area contributed by atoms with Gasteiger partial charge in [0, 0.05) is 5.69 Å². The summed E-state index contributed by atoms with van der Waals surface area (Å²) in [5.74, 6) is 0.276. The number of halogens is 5. The van der Waals surface area contributed by atoms with Crippen molar-refractivity contribution in [3.8, 4) is 0 Å². The number of nitrogens with two attached hydrogens (primary N) is 1. The highest BCUT2D eigenvalue weighted by Crippen LogP contribution is 2.35. The molecule has 7 heteroatoms. The lowest BCUT2D eigenvalue weighted by Crippen LogP contribution is -2.27. The van der Waals surface area contributed by atoms with Crippen molar-refractivity contribution < 1.29 is 13.2 Å². The normalized spacial score (nSPS) is 16.4. The van der Waals surface area contributed by atoms with E-state index in [1.807, 2.05) is 0 Å². The molecule has 1 heterocycles. The van der Waals surface area contributed by atoms with Crippen molar-refractivity contribution in [1.82, 2.24) is 5.32 Å². The summed E-state index contributed by atoms with van der Waals surface area (Å²) in [6, 6.07) is 3.68. The van der Waals surface area contributed by atoms with E-state index in [1.54, 1.807) is 0 Å². The van der Waals surface area contributed by atoms with Crippen molar-refractivity contribution >= 4 is 30.5 Å². The second kappa shape index (κ2) is 7.22. The summed E-state index contributed by atoms with van der Waals surface area (Å²) in [6.45, 7) is 1.79. The first-order valence-electron chi connectivity index (χ1n) is 5.66. The number of nitrogen functional groups attached to an aromatic ring is 1. The lowest BCUT2D eigenvalue weighted by Gasteiger charge is -2.24. The summed E-state index contributed by atoms with van der Waals surface area (Å²) in [7, 11) is 0. The van der Waals surface area contributed by atoms with Crippen LogP contribution in [0.4, 0.5) is 18.9 Å². The first-order chi connectivity index (χ1) is 7.98. The highest BCUT2D eigenvalue weighted by molar-refractivity contribution is 5.85. The molecule has 1 aliphatic rings. The molecule has 0 atom stereocenters. The summed E-state index contributed by atoms with van der Waals surface area (Å²) in [5, 5.41) is 3.22. The number of rotatable bonds is 1. The summed E-state index contributed by atoms with van der Waals surface area (Å²) >= 11 is 0. The number of alkyl halides is 3. The second-order valence-corrected chi connectivity index (χ2v) is 4.37. The Balaban J connectivity index is 0.00000162. The van der Waals surface area contributed by atoms with Gasteiger partial charge in [0.2, 0.25) is 0 Å². The summed E-state index contributed by atoms with van der Waals surface area (Å²) in [4.78, 5) is 0. The number of anilines is 1. The fourth-order valence-corrected chi connectivity index (χ4v) is 2.26. The third-order valence-electron chi connectivity index (χ3n) is 3.19. The Kier molecular flexibility index (Phi) is 6.97. The Morgan fingerprint density at radius 2 is 1.68 bits per heavy atom. The fourth-order valence-electron chi connectivity index (χ4n) is 2.26. The highest BCUT2D eigenvalue weighted by atomic mass is 35.5. The SMILES string of the molecule is Cl.Cl.Nc1cc(C(F)(F)F)ccc1C1CCNCC1. The Bertz CT molecular complexity index is 404. The van der Waals surface area contributed by atoms with E-state index < -0.39 is 11.7 Å². The van der Waals surface area contributed by atoms with Crippen LogP contribution in [0, 0.1) is 0 Å². The molecule has 3 N–H and O–H groups in total. The second-order valence-electron chi connectivity index (χ2n) is 4.37. The monoisotopic (exact) mass is 316 g/mol. The third-order valence-corrected chi connectivity index (χ3v) is 3.19. The Hall–Kier alpha value is -0.650. The first-order valence-corrected chi connectivity index (χ1v) is 5.66. The quantitative estimate of drug-likeness (QED) is 0.777. The Morgan fingerprint density at radius 1 is 1.11 bits per heavy atom. The van der Waals surface area contributed by atoms with Crippen molar-refractivity contribution in [1.29, 1.82) is 0 Å². The van der Waals surface area contributed by atoms with E-state index in [0.717, 1.165) is 43.6 Å². The van der Waals surface area contributed by atoms with Crippen LogP contribution in [0.5, 0.6) is 0 Å². The first kappa shape index (κ1) is 18.4. The largest absolute Gasteiger partial charge is 0.416 e. The van der Waals surface area contributed by atoms with E-state index in [2.05, 4.69) is 5.32 Å². The molecule has 0 unspecified atom stereocenters. The lowest BCUT2D eigenvalue weighted by molar-refractivity contribution is -0.137. The van der Waals surface area contributed by atoms with Crippen LogP contribution in [-0.2, 0) is 6.18 Å². The summed E-state index contributed by atoms with van der Waals surface area (Å²) in [6.07, 6.45) is -2.47. The molecule has 2 rings (SSSR count). The number of hydrogen-bond acceptors (Lipinski definition) is 2. The molecule has 0 spiro atoms. The minimum atomic E-state index is -4.32. The zero-order valence-corrected chi connectivity index (χ0v) is 11.8. The average Bonchev–Trinajstić information content (AvgIpc) is 2.29. The number of hydrogen-bond donors (Lipinski definition) is 2. The molecule has 1 aromatic rings. The zero-order valence-electron chi connectivity index (χ0n) is 10.2. The fraction of sp³-hybridized carbons (Fsp3) is 0.500. The zero-order chi connectivity index (χ0) is 12.5. The van der Waals surface area contributed by atoms with Crippen LogP contribution in [0.1, 0.15) is 29.9 Å². The summed E-state index contributed by atoms with van der Waals surface area (Å²) < 4.78 is 37.4. The maximum absolute atomic E-state index is 12.5. The third kappa shape index (κ3) is 4.44. The number of benzene rings is 1. The van der Waals surface area contributed by atoms with Crippen LogP contribution in [0.15, 0.2) is 18.2 Å². The summed E-state index contributed by atoms with van der Waals surface area (Å²) in [5.41, 5.74) is 6.16. The molecule has 0 aliphatic carbocycles. The lowest BCUT2D eigenvalue weighted by atomic mass is 9.88. The van der Waals surface area contributed by atoms with Gasteiger partial charge in [-0.15, -0.1) is 24.8 Å². The van der Waals surface area contributed by atoms with Crippen LogP contribution < -0.4 is 11.1 Å². The van der Waals surface area contributed by atoms with E-state index in [-0.39, 0.29) is 36.4 Å². The van der Waals surface area contributed by atoms with Gasteiger partial charge in [0.15, 0.2) is 0 Å². The molecule has 2 nitrogen and oxygen atoms in total. The molecule has 0 aromatic heterocycles. The maximum atomic E-state index is 12.5. The molecule has 1 aliphatic heterocycles. The molecule has 1 saturated heterocycles. The van der Waals surface area contributed by atoms with E-state index in [9.17, 15) is 13.2 Å². The Morgan fingerprint density at radius 3 is 2.16 bits per heavy atom. The molecule has 1 fully saturated rings. The minimum Gasteiger partial charge on any atom is -0.398 e. The van der Waals surface area contributed by atoms with Crippen molar-refractivity contribution in [3.63, 3.8) is 0 Å². The van der Waals surface area contributed by atoms with Crippen LogP contribution >= 0.6 is 24.8 Å². The molecule has 0 bridgehead atoms. The van der Waals surface area contributed by atoms with Gasteiger partial charge < -0.3 is 11.1 Å². The van der Waals surface area contributed by atoms with Gasteiger partial charge in [0.1, 0.15) is 0 Å². The van der Waals surface area contributed by atoms with Crippen LogP contribution in [0.25, 0.3) is 0 Å². The molecule has 0 amide bonds. The number of nitrogens with one attached hydrogen (secondary N) is 1. The highest BCUT2D eigenvalue weighted by Gasteiger charge is 2.31. The van der Waals surface area contributed by atoms with E-state index in [0.29, 0.717) is 0 Å². The van der Waals surface area contributed by atoms with Gasteiger partial charge in [-0.25, -0.2) is 0 Å². The van der Waals surface area contributed by atoms with Crippen molar-refractivity contribution in [2.24, 2.45) is 0 Å². The Labute approximate surface area is 122 Å². The van der Waals surface area contributed by atoms with Gasteiger partial charge in [-0.3, -0.25) is 0 Å². The number of piperidine rings is 1. The molecule has 0 radical (unpaired) electrons. The van der Waals surface area contributed by atoms with Crippen molar-refractivity contribution in [2.45, 2.75) is 24.9 Å². The maximum Gasteiger partial charge on any atom is 0.416 e. The van der Waals surface area contributed by atoms with Gasteiger partial charge in [0.25, 0.3) is 0 Å². The van der Waals surface area contributed by atoms with Gasteiger partial charge in [-0.05, 0) is 49.5 Å². The van der Waals surface area contributed by atoms with Gasteiger partial charge in [0.05, 0.1) is 5.56 Å². The van der Waals surface area contributed by atoms with Gasteiger partial charge >= 0.3 is 6.18 Å².